The second-order valence-electron chi connectivity index (χ2n) is 4.87. The molecule has 0 amide bonds. The summed E-state index contributed by atoms with van der Waals surface area (Å²) < 4.78 is 31.3. The number of morpholine rings is 1. The van der Waals surface area contributed by atoms with Crippen molar-refractivity contribution in [3.05, 3.63) is 29.3 Å². The van der Waals surface area contributed by atoms with Gasteiger partial charge < -0.3 is 9.84 Å². The number of carbonyl (C=O) groups is 1. The van der Waals surface area contributed by atoms with Crippen LogP contribution in [0.15, 0.2) is 23.1 Å². The van der Waals surface area contributed by atoms with Crippen molar-refractivity contribution >= 4 is 16.0 Å². The number of sulfonamides is 1. The lowest BCUT2D eigenvalue weighted by molar-refractivity contribution is -0.146. The maximum atomic E-state index is 12.6. The Morgan fingerprint density at radius 2 is 1.90 bits per heavy atom. The Balaban J connectivity index is 2.44. The van der Waals surface area contributed by atoms with Crippen LogP contribution in [0.2, 0.25) is 0 Å². The fourth-order valence-corrected chi connectivity index (χ4v) is 4.03. The van der Waals surface area contributed by atoms with Crippen molar-refractivity contribution in [3.8, 4) is 0 Å². The summed E-state index contributed by atoms with van der Waals surface area (Å²) in [7, 11) is -3.83. The first-order chi connectivity index (χ1) is 9.32. The lowest BCUT2D eigenvalue weighted by Crippen LogP contribution is -2.52. The number of hydrogen-bond donors (Lipinski definition) is 1. The molecule has 1 aliphatic rings. The molecule has 1 aliphatic heterocycles. The zero-order chi connectivity index (χ0) is 14.9. The zero-order valence-electron chi connectivity index (χ0n) is 11.4. The third kappa shape index (κ3) is 2.84. The van der Waals surface area contributed by atoms with E-state index in [2.05, 4.69) is 0 Å². The Hall–Kier alpha value is -1.44. The number of nitrogens with zero attached hydrogens (tertiary/aromatic N) is 1. The van der Waals surface area contributed by atoms with Gasteiger partial charge in [0.2, 0.25) is 10.0 Å². The second kappa shape index (κ2) is 5.51. The van der Waals surface area contributed by atoms with Gasteiger partial charge in [0.15, 0.2) is 0 Å². The molecule has 0 saturated carbocycles. The standard InChI is InChI=1S/C13H17NO5S/c1-9-5-10(2)7-11(6-9)20(17,18)14-3-4-19-8-12(14)13(15)16/h5-7,12H,3-4,8H2,1-2H3,(H,15,16). The zero-order valence-corrected chi connectivity index (χ0v) is 12.2. The number of aliphatic carboxylic acids is 1. The summed E-state index contributed by atoms with van der Waals surface area (Å²) >= 11 is 0. The van der Waals surface area contributed by atoms with Gasteiger partial charge in [0, 0.05) is 6.54 Å². The highest BCUT2D eigenvalue weighted by Gasteiger charge is 2.38. The number of carboxylic acids is 1. The molecule has 1 atom stereocenters. The van der Waals surface area contributed by atoms with Crippen molar-refractivity contribution < 1.29 is 23.1 Å². The van der Waals surface area contributed by atoms with Crippen molar-refractivity contribution in [1.29, 1.82) is 0 Å². The van der Waals surface area contributed by atoms with Gasteiger partial charge in [-0.05, 0) is 37.1 Å². The molecule has 6 nitrogen and oxygen atoms in total. The molecule has 1 aromatic rings. The largest absolute Gasteiger partial charge is 0.480 e. The van der Waals surface area contributed by atoms with E-state index in [0.717, 1.165) is 15.4 Å². The summed E-state index contributed by atoms with van der Waals surface area (Å²) in [5.41, 5.74) is 1.65. The van der Waals surface area contributed by atoms with Crippen molar-refractivity contribution in [3.63, 3.8) is 0 Å². The monoisotopic (exact) mass is 299 g/mol. The lowest BCUT2D eigenvalue weighted by atomic mass is 10.2. The van der Waals surface area contributed by atoms with Gasteiger partial charge >= 0.3 is 5.97 Å². The Labute approximate surface area is 118 Å². The number of rotatable bonds is 3. The Bertz CT molecular complexity index is 605. The quantitative estimate of drug-likeness (QED) is 0.891. The molecular formula is C13H17NO5S. The third-order valence-corrected chi connectivity index (χ3v) is 5.05. The molecule has 0 bridgehead atoms. The van der Waals surface area contributed by atoms with E-state index in [1.165, 1.54) is 0 Å². The average Bonchev–Trinajstić information content (AvgIpc) is 2.37. The maximum absolute atomic E-state index is 12.6. The van der Waals surface area contributed by atoms with Crippen LogP contribution in [0.1, 0.15) is 11.1 Å². The molecule has 7 heteroatoms. The topological polar surface area (TPSA) is 83.9 Å². The molecule has 1 aromatic carbocycles. The Morgan fingerprint density at radius 3 is 2.45 bits per heavy atom. The summed E-state index contributed by atoms with van der Waals surface area (Å²) in [6.07, 6.45) is 0. The minimum atomic E-state index is -3.83. The normalized spacial score (nSPS) is 20.8. The van der Waals surface area contributed by atoms with Crippen molar-refractivity contribution in [2.24, 2.45) is 0 Å². The summed E-state index contributed by atoms with van der Waals surface area (Å²) in [5.74, 6) is -1.20. The highest BCUT2D eigenvalue weighted by Crippen LogP contribution is 2.22. The van der Waals surface area contributed by atoms with Crippen LogP contribution in [0.5, 0.6) is 0 Å². The summed E-state index contributed by atoms with van der Waals surface area (Å²) in [4.78, 5) is 11.3. The van der Waals surface area contributed by atoms with Crippen LogP contribution in [0.25, 0.3) is 0 Å². The molecule has 1 N–H and O–H groups in total. The van der Waals surface area contributed by atoms with Crippen LogP contribution < -0.4 is 0 Å². The SMILES string of the molecule is Cc1cc(C)cc(S(=O)(=O)N2CCOCC2C(=O)O)c1. The smallest absolute Gasteiger partial charge is 0.324 e. The predicted molar refractivity (Wildman–Crippen MR) is 72.1 cm³/mol. The molecular weight excluding hydrogens is 282 g/mol. The molecule has 20 heavy (non-hydrogen) atoms. The van der Waals surface area contributed by atoms with E-state index in [4.69, 9.17) is 9.84 Å². The van der Waals surface area contributed by atoms with E-state index in [9.17, 15) is 13.2 Å². The molecule has 1 heterocycles. The van der Waals surface area contributed by atoms with Crippen molar-refractivity contribution in [2.75, 3.05) is 19.8 Å². The van der Waals surface area contributed by atoms with Crippen LogP contribution >= 0.6 is 0 Å². The van der Waals surface area contributed by atoms with Crippen molar-refractivity contribution in [2.45, 2.75) is 24.8 Å². The first kappa shape index (κ1) is 15.0. The van der Waals surface area contributed by atoms with Gasteiger partial charge in [-0.3, -0.25) is 4.79 Å². The number of benzene rings is 1. The second-order valence-corrected chi connectivity index (χ2v) is 6.76. The van der Waals surface area contributed by atoms with E-state index in [1.807, 2.05) is 6.07 Å². The minimum absolute atomic E-state index is 0.0479. The summed E-state index contributed by atoms with van der Waals surface area (Å²) in [6, 6.07) is 3.80. The van der Waals surface area contributed by atoms with Gasteiger partial charge in [0.1, 0.15) is 6.04 Å². The van der Waals surface area contributed by atoms with Gasteiger partial charge in [-0.15, -0.1) is 0 Å². The first-order valence-corrected chi connectivity index (χ1v) is 7.67. The van der Waals surface area contributed by atoms with Crippen molar-refractivity contribution in [1.82, 2.24) is 4.31 Å². The predicted octanol–water partition coefficient (Wildman–Crippen LogP) is 0.778. The third-order valence-electron chi connectivity index (χ3n) is 3.17. The average molecular weight is 299 g/mol. The van der Waals surface area contributed by atoms with Gasteiger partial charge in [-0.2, -0.15) is 4.31 Å². The molecule has 1 saturated heterocycles. The summed E-state index contributed by atoms with van der Waals surface area (Å²) in [6.45, 7) is 3.74. The molecule has 110 valence electrons. The molecule has 1 unspecified atom stereocenters. The maximum Gasteiger partial charge on any atom is 0.324 e. The molecule has 0 aliphatic carbocycles. The highest BCUT2D eigenvalue weighted by atomic mass is 32.2. The van der Waals surface area contributed by atoms with Crippen LogP contribution in [0.3, 0.4) is 0 Å². The van der Waals surface area contributed by atoms with E-state index >= 15 is 0 Å². The van der Waals surface area contributed by atoms with Crippen LogP contribution in [0, 0.1) is 13.8 Å². The molecule has 0 aromatic heterocycles. The van der Waals surface area contributed by atoms with E-state index in [1.54, 1.807) is 26.0 Å². The Morgan fingerprint density at radius 1 is 1.30 bits per heavy atom. The number of carboxylic acid groups (broad SMARTS) is 1. The lowest BCUT2D eigenvalue weighted by Gasteiger charge is -2.31. The Kier molecular flexibility index (Phi) is 4.12. The summed E-state index contributed by atoms with van der Waals surface area (Å²) in [5, 5.41) is 9.14. The fourth-order valence-electron chi connectivity index (χ4n) is 2.29. The van der Waals surface area contributed by atoms with Gasteiger partial charge in [-0.1, -0.05) is 6.07 Å². The molecule has 0 radical (unpaired) electrons. The minimum Gasteiger partial charge on any atom is -0.480 e. The molecule has 2 rings (SSSR count). The number of hydrogen-bond acceptors (Lipinski definition) is 4. The van der Waals surface area contributed by atoms with Gasteiger partial charge in [0.25, 0.3) is 0 Å². The number of aryl methyl sites for hydroxylation is 2. The highest BCUT2D eigenvalue weighted by molar-refractivity contribution is 7.89. The fraction of sp³-hybridized carbons (Fsp3) is 0.462. The van der Waals surface area contributed by atoms with E-state index in [0.29, 0.717) is 0 Å². The van der Waals surface area contributed by atoms with E-state index < -0.39 is 22.0 Å². The number of ether oxygens (including phenoxy) is 1. The van der Waals surface area contributed by atoms with E-state index in [-0.39, 0.29) is 24.7 Å². The molecule has 0 spiro atoms. The van der Waals surface area contributed by atoms with Gasteiger partial charge in [-0.25, -0.2) is 8.42 Å². The van der Waals surface area contributed by atoms with Crippen LogP contribution in [0.4, 0.5) is 0 Å². The first-order valence-electron chi connectivity index (χ1n) is 6.23. The van der Waals surface area contributed by atoms with Crippen LogP contribution in [-0.4, -0.2) is 49.6 Å². The van der Waals surface area contributed by atoms with Crippen LogP contribution in [-0.2, 0) is 19.6 Å². The molecule has 1 fully saturated rings. The van der Waals surface area contributed by atoms with Gasteiger partial charge in [0.05, 0.1) is 18.1 Å².